The Morgan fingerprint density at radius 1 is 0.860 bits per heavy atom. The summed E-state index contributed by atoms with van der Waals surface area (Å²) in [5.41, 5.74) is 8.56. The maximum absolute atomic E-state index is 13.4. The number of halogens is 1. The highest BCUT2D eigenvalue weighted by atomic mass is 35.5. The monoisotopic (exact) mass is 685 g/mol. The van der Waals surface area contributed by atoms with Gasteiger partial charge in [-0.1, -0.05) is 24.3 Å². The number of nitrogens with zero attached hydrogens (tertiary/aromatic N) is 2. The Kier molecular flexibility index (Phi) is 7.83. The number of allylic oxidation sites excluding steroid dienone is 2. The van der Waals surface area contributed by atoms with E-state index in [4.69, 9.17) is 16.3 Å². The molecule has 0 fully saturated rings. The lowest BCUT2D eigenvalue weighted by atomic mass is 9.83. The van der Waals surface area contributed by atoms with Gasteiger partial charge in [-0.15, -0.1) is 11.6 Å². The third-order valence-electron chi connectivity index (χ3n) is 10.5. The second kappa shape index (κ2) is 11.7. The molecule has 0 spiro atoms. The standard InChI is InChI=1S/C42H40ClN3O4/c1-23-20-41(3,4)45(7)34-18-36-32(16-29(23)34)38(33-17-30-24(2)21-42(5,6)46(8)35(30)19-37(33)50-36)31-15-27(13-14-28(31)40(48)49)44-39(47)26-11-9-25(22-43)10-12-26/h9-21H,22H2,1-8H3,(H-,44,47,48,49). The Balaban J connectivity index is 1.52. The van der Waals surface area contributed by atoms with Gasteiger partial charge in [-0.3, -0.25) is 4.79 Å². The molecule has 8 heteroatoms. The normalized spacial score (nSPS) is 16.6. The number of carbonyl (C=O) groups is 2. The molecule has 0 radical (unpaired) electrons. The first-order valence-electron chi connectivity index (χ1n) is 16.7. The summed E-state index contributed by atoms with van der Waals surface area (Å²) in [4.78, 5) is 28.4. The lowest BCUT2D eigenvalue weighted by Gasteiger charge is -2.41. The second-order valence-electron chi connectivity index (χ2n) is 14.6. The number of carboxylic acid groups (broad SMARTS) is 1. The summed E-state index contributed by atoms with van der Waals surface area (Å²) in [6, 6.07) is 20.2. The predicted octanol–water partition coefficient (Wildman–Crippen LogP) is 6.34. The molecule has 3 aliphatic heterocycles. The molecule has 0 atom stereocenters. The summed E-state index contributed by atoms with van der Waals surface area (Å²) in [7, 11) is 4.14. The van der Waals surface area contributed by atoms with Gasteiger partial charge >= 0.3 is 0 Å². The molecule has 1 N–H and O–H groups in total. The molecule has 1 amide bonds. The molecule has 254 valence electrons. The maximum atomic E-state index is 13.4. The molecule has 3 heterocycles. The van der Waals surface area contributed by atoms with Gasteiger partial charge in [-0.25, -0.2) is 4.58 Å². The van der Waals surface area contributed by atoms with E-state index in [1.54, 1.807) is 24.3 Å². The molecular formula is C42H40ClN3O4. The predicted molar refractivity (Wildman–Crippen MR) is 200 cm³/mol. The van der Waals surface area contributed by atoms with Gasteiger partial charge in [-0.2, -0.15) is 0 Å². The number of likely N-dealkylation sites (N-methyl/N-ethyl adjacent to an activating group) is 2. The Morgan fingerprint density at radius 3 is 2.24 bits per heavy atom. The molecule has 0 aliphatic carbocycles. The highest BCUT2D eigenvalue weighted by Gasteiger charge is 2.35. The maximum Gasteiger partial charge on any atom is 0.255 e. The molecular weight excluding hydrogens is 646 g/mol. The average Bonchev–Trinajstić information content (AvgIpc) is 3.07. The molecule has 4 aromatic carbocycles. The molecule has 0 saturated carbocycles. The highest BCUT2D eigenvalue weighted by molar-refractivity contribution is 6.17. The van der Waals surface area contributed by atoms with Crippen molar-refractivity contribution in [1.82, 2.24) is 4.58 Å². The van der Waals surface area contributed by atoms with E-state index >= 15 is 0 Å². The number of amides is 1. The number of ether oxygens (including phenoxy) is 1. The van der Waals surface area contributed by atoms with Crippen LogP contribution < -0.4 is 35.2 Å². The van der Waals surface area contributed by atoms with Crippen LogP contribution in [0.5, 0.6) is 11.5 Å². The quantitative estimate of drug-likeness (QED) is 0.172. The van der Waals surface area contributed by atoms with Gasteiger partial charge in [0.15, 0.2) is 5.54 Å². The topological polar surface area (TPSA) is 84.7 Å². The van der Waals surface area contributed by atoms with Crippen LogP contribution >= 0.6 is 11.6 Å². The summed E-state index contributed by atoms with van der Waals surface area (Å²) in [5.74, 6) is -0.0571. The van der Waals surface area contributed by atoms with Crippen molar-refractivity contribution in [3.8, 4) is 11.5 Å². The highest BCUT2D eigenvalue weighted by Crippen LogP contribution is 2.46. The van der Waals surface area contributed by atoms with E-state index < -0.39 is 5.97 Å². The number of hydrogen-bond acceptors (Lipinski definition) is 5. The van der Waals surface area contributed by atoms with Gasteiger partial charge in [0.2, 0.25) is 5.36 Å². The zero-order valence-electron chi connectivity index (χ0n) is 29.6. The largest absolute Gasteiger partial charge is 0.545 e. The average molecular weight is 686 g/mol. The molecule has 0 bridgehead atoms. The van der Waals surface area contributed by atoms with Crippen molar-refractivity contribution in [2.45, 2.75) is 58.5 Å². The van der Waals surface area contributed by atoms with E-state index in [-0.39, 0.29) is 22.5 Å². The van der Waals surface area contributed by atoms with Gasteiger partial charge < -0.3 is 24.9 Å². The van der Waals surface area contributed by atoms with Crippen LogP contribution in [-0.2, 0) is 5.88 Å². The van der Waals surface area contributed by atoms with Crippen LogP contribution in [0.15, 0.2) is 78.9 Å². The SMILES string of the molecule is CC1=CC(C)(C)N(C)c2cc3c(cc21)C(c1cc(NC(=O)c2ccc(CCl)cc2)ccc1C(=O)[O-])=c1cc2c(cc1O3)=[N+](C)C(C)(C)C=C2C. The third kappa shape index (κ3) is 5.41. The molecule has 0 saturated heterocycles. The van der Waals surface area contributed by atoms with Crippen molar-refractivity contribution < 1.29 is 19.4 Å². The van der Waals surface area contributed by atoms with E-state index in [1.807, 2.05) is 12.1 Å². The van der Waals surface area contributed by atoms with Crippen LogP contribution in [0, 0.1) is 0 Å². The number of alkyl halides is 1. The first kappa shape index (κ1) is 33.4. The summed E-state index contributed by atoms with van der Waals surface area (Å²) >= 11 is 5.95. The molecule has 0 aromatic heterocycles. The minimum Gasteiger partial charge on any atom is -0.545 e. The van der Waals surface area contributed by atoms with Gasteiger partial charge in [0.1, 0.15) is 18.5 Å². The molecule has 4 aromatic rings. The van der Waals surface area contributed by atoms with E-state index in [2.05, 4.69) is 107 Å². The number of hydrogen-bond donors (Lipinski definition) is 1. The fourth-order valence-electron chi connectivity index (χ4n) is 7.42. The van der Waals surface area contributed by atoms with Crippen LogP contribution in [-0.4, -0.2) is 37.0 Å². The van der Waals surface area contributed by atoms with E-state index in [9.17, 15) is 14.7 Å². The summed E-state index contributed by atoms with van der Waals surface area (Å²) < 4.78 is 9.01. The molecule has 0 unspecified atom stereocenters. The zero-order chi connectivity index (χ0) is 35.9. The summed E-state index contributed by atoms with van der Waals surface area (Å²) in [6.45, 7) is 12.9. The molecule has 50 heavy (non-hydrogen) atoms. The van der Waals surface area contributed by atoms with Crippen LogP contribution in [0.25, 0.3) is 16.7 Å². The summed E-state index contributed by atoms with van der Waals surface area (Å²) in [5, 5.41) is 17.6. The number of fused-ring (bicyclic) bond motifs is 4. The number of anilines is 2. The molecule has 3 aliphatic rings. The van der Waals surface area contributed by atoms with Gasteiger partial charge in [-0.05, 0) is 92.4 Å². The number of carbonyl (C=O) groups excluding carboxylic acids is 2. The van der Waals surface area contributed by atoms with E-state index in [0.717, 1.165) is 49.7 Å². The second-order valence-corrected chi connectivity index (χ2v) is 14.9. The smallest absolute Gasteiger partial charge is 0.255 e. The third-order valence-corrected chi connectivity index (χ3v) is 10.8. The van der Waals surface area contributed by atoms with Crippen molar-refractivity contribution in [2.75, 3.05) is 24.3 Å². The number of carboxylic acids is 1. The van der Waals surface area contributed by atoms with Gasteiger partial charge in [0, 0.05) is 82.8 Å². The Hall–Kier alpha value is -5.14. The van der Waals surface area contributed by atoms with Crippen LogP contribution in [0.3, 0.4) is 0 Å². The Bertz CT molecular complexity index is 2350. The molecule has 7 nitrogen and oxygen atoms in total. The first-order valence-corrected chi connectivity index (χ1v) is 17.2. The number of aromatic carboxylic acids is 1. The van der Waals surface area contributed by atoms with Crippen LogP contribution in [0.1, 0.15) is 90.1 Å². The van der Waals surface area contributed by atoms with Crippen molar-refractivity contribution in [3.05, 3.63) is 128 Å². The lowest BCUT2D eigenvalue weighted by molar-refractivity contribution is -0.255. The van der Waals surface area contributed by atoms with Crippen molar-refractivity contribution in [2.24, 2.45) is 0 Å². The fraction of sp³-hybridized carbons (Fsp3) is 0.262. The first-order chi connectivity index (χ1) is 23.6. The van der Waals surface area contributed by atoms with E-state index in [1.165, 1.54) is 6.07 Å². The fourth-order valence-corrected chi connectivity index (χ4v) is 7.60. The van der Waals surface area contributed by atoms with E-state index in [0.29, 0.717) is 39.8 Å². The van der Waals surface area contributed by atoms with Crippen LogP contribution in [0.4, 0.5) is 11.4 Å². The van der Waals surface area contributed by atoms with Crippen molar-refractivity contribution in [3.63, 3.8) is 0 Å². The molecule has 7 rings (SSSR count). The number of nitrogens with one attached hydrogen (secondary N) is 1. The number of rotatable bonds is 5. The Labute approximate surface area is 297 Å². The van der Waals surface area contributed by atoms with Crippen molar-refractivity contribution in [1.29, 1.82) is 0 Å². The summed E-state index contributed by atoms with van der Waals surface area (Å²) in [6.07, 6.45) is 4.48. The van der Waals surface area contributed by atoms with Crippen molar-refractivity contribution >= 4 is 51.6 Å². The van der Waals surface area contributed by atoms with Gasteiger partial charge in [0.05, 0.1) is 17.6 Å². The minimum absolute atomic E-state index is 0.00902. The lowest BCUT2D eigenvalue weighted by Crippen LogP contribution is -2.47. The van der Waals surface area contributed by atoms with Gasteiger partial charge in [0.25, 0.3) is 5.91 Å². The Morgan fingerprint density at radius 2 is 1.56 bits per heavy atom. The van der Waals surface area contributed by atoms with Crippen LogP contribution in [0.2, 0.25) is 0 Å². The number of benzene rings is 4. The minimum atomic E-state index is -1.32. The zero-order valence-corrected chi connectivity index (χ0v) is 30.4.